The van der Waals surface area contributed by atoms with Crippen LogP contribution in [-0.4, -0.2) is 18.6 Å². The molecule has 1 aromatic carbocycles. The van der Waals surface area contributed by atoms with Crippen LogP contribution in [0, 0.1) is 11.6 Å². The van der Waals surface area contributed by atoms with E-state index in [9.17, 15) is 8.78 Å². The van der Waals surface area contributed by atoms with Crippen molar-refractivity contribution in [2.45, 2.75) is 13.5 Å². The van der Waals surface area contributed by atoms with Crippen LogP contribution in [0.3, 0.4) is 0 Å². The van der Waals surface area contributed by atoms with Crippen LogP contribution in [0.4, 0.5) is 14.5 Å². The molecule has 0 amide bonds. The summed E-state index contributed by atoms with van der Waals surface area (Å²) >= 11 is 3.15. The van der Waals surface area contributed by atoms with Crippen LogP contribution in [0.1, 0.15) is 12.6 Å². The van der Waals surface area contributed by atoms with Gasteiger partial charge in [0.2, 0.25) is 0 Å². The first-order valence-corrected chi connectivity index (χ1v) is 6.57. The molecule has 0 saturated heterocycles. The third-order valence-corrected chi connectivity index (χ3v) is 3.42. The summed E-state index contributed by atoms with van der Waals surface area (Å²) in [6, 6.07) is 2.56. The van der Waals surface area contributed by atoms with Crippen LogP contribution < -0.4 is 5.32 Å². The van der Waals surface area contributed by atoms with Gasteiger partial charge in [0, 0.05) is 30.8 Å². The molecule has 2 rings (SSSR count). The maximum atomic E-state index is 13.9. The van der Waals surface area contributed by atoms with Crippen molar-refractivity contribution in [2.24, 2.45) is 0 Å². The van der Waals surface area contributed by atoms with Crippen LogP contribution in [-0.2, 0) is 11.3 Å². The van der Waals surface area contributed by atoms with Gasteiger partial charge in [0.25, 0.3) is 0 Å². The molecule has 19 heavy (non-hydrogen) atoms. The van der Waals surface area contributed by atoms with Crippen LogP contribution in [0.15, 0.2) is 16.6 Å². The second kappa shape index (κ2) is 5.79. The summed E-state index contributed by atoms with van der Waals surface area (Å²) in [5.74, 6) is -1.33. The highest BCUT2D eigenvalue weighted by molar-refractivity contribution is 9.10. The number of ether oxygens (including phenoxy) is 1. The molecule has 0 atom stereocenters. The Hall–Kier alpha value is -1.27. The Morgan fingerprint density at radius 3 is 2.68 bits per heavy atom. The fourth-order valence-electron chi connectivity index (χ4n) is 1.91. The maximum absolute atomic E-state index is 13.9. The minimum atomic E-state index is -0.687. The van der Waals surface area contributed by atoms with E-state index in [0.29, 0.717) is 23.3 Å². The van der Waals surface area contributed by atoms with Crippen molar-refractivity contribution in [1.82, 2.24) is 4.98 Å². The number of benzene rings is 1. The van der Waals surface area contributed by atoms with Crippen molar-refractivity contribution in [2.75, 3.05) is 19.0 Å². The normalized spacial score (nSPS) is 11.0. The first kappa shape index (κ1) is 14.1. The number of fused-ring (bicyclic) bond motifs is 1. The van der Waals surface area contributed by atoms with E-state index in [1.165, 1.54) is 7.11 Å². The zero-order chi connectivity index (χ0) is 14.0. The number of hydrogen-bond donors (Lipinski definition) is 1. The molecule has 102 valence electrons. The van der Waals surface area contributed by atoms with Crippen LogP contribution in [0.5, 0.6) is 0 Å². The van der Waals surface area contributed by atoms with Crippen molar-refractivity contribution < 1.29 is 13.5 Å². The third-order valence-electron chi connectivity index (χ3n) is 2.64. The van der Waals surface area contributed by atoms with Gasteiger partial charge in [0.1, 0.15) is 11.3 Å². The van der Waals surface area contributed by atoms with E-state index >= 15 is 0 Å². The molecule has 0 radical (unpaired) electrons. The lowest BCUT2D eigenvalue weighted by Crippen LogP contribution is -2.03. The lowest BCUT2D eigenvalue weighted by molar-refractivity contribution is 0.182. The van der Waals surface area contributed by atoms with Gasteiger partial charge in [0.05, 0.1) is 16.8 Å². The first-order chi connectivity index (χ1) is 9.08. The molecule has 1 aromatic heterocycles. The Morgan fingerprint density at radius 2 is 2.05 bits per heavy atom. The molecule has 3 nitrogen and oxygen atoms in total. The fourth-order valence-corrected chi connectivity index (χ4v) is 2.42. The number of rotatable bonds is 4. The summed E-state index contributed by atoms with van der Waals surface area (Å²) < 4.78 is 32.7. The van der Waals surface area contributed by atoms with E-state index in [0.717, 1.165) is 6.07 Å². The van der Waals surface area contributed by atoms with E-state index < -0.39 is 11.6 Å². The number of nitrogens with zero attached hydrogens (tertiary/aromatic N) is 1. The Balaban J connectivity index is 2.78. The van der Waals surface area contributed by atoms with Gasteiger partial charge in [0.15, 0.2) is 5.82 Å². The number of aromatic nitrogens is 1. The average Bonchev–Trinajstić information content (AvgIpc) is 2.36. The topological polar surface area (TPSA) is 34.1 Å². The van der Waals surface area contributed by atoms with E-state index in [2.05, 4.69) is 26.2 Å². The van der Waals surface area contributed by atoms with Gasteiger partial charge in [-0.05, 0) is 28.9 Å². The fraction of sp³-hybridized carbons (Fsp3) is 0.308. The molecule has 0 aliphatic carbocycles. The highest BCUT2D eigenvalue weighted by Crippen LogP contribution is 2.34. The van der Waals surface area contributed by atoms with Crippen molar-refractivity contribution in [3.8, 4) is 0 Å². The summed E-state index contributed by atoms with van der Waals surface area (Å²) in [7, 11) is 1.54. The average molecular weight is 331 g/mol. The molecule has 0 aliphatic heterocycles. The van der Waals surface area contributed by atoms with Gasteiger partial charge in [-0.15, -0.1) is 0 Å². The molecule has 2 aromatic rings. The van der Waals surface area contributed by atoms with E-state index in [1.807, 2.05) is 6.92 Å². The number of nitrogens with one attached hydrogen (secondary N) is 1. The largest absolute Gasteiger partial charge is 0.385 e. The molecular weight excluding hydrogens is 318 g/mol. The molecule has 0 aliphatic rings. The molecule has 1 heterocycles. The lowest BCUT2D eigenvalue weighted by atomic mass is 10.1. The number of hydrogen-bond acceptors (Lipinski definition) is 3. The molecule has 0 bridgehead atoms. The van der Waals surface area contributed by atoms with E-state index in [1.54, 1.807) is 6.07 Å². The summed E-state index contributed by atoms with van der Waals surface area (Å²) in [4.78, 5) is 4.17. The van der Waals surface area contributed by atoms with Crippen LogP contribution in [0.2, 0.25) is 0 Å². The second-order valence-electron chi connectivity index (χ2n) is 4.00. The van der Waals surface area contributed by atoms with Gasteiger partial charge >= 0.3 is 0 Å². The molecule has 0 saturated carbocycles. The molecule has 0 fully saturated rings. The number of methoxy groups -OCH3 is 1. The van der Waals surface area contributed by atoms with Gasteiger partial charge in [-0.2, -0.15) is 0 Å². The monoisotopic (exact) mass is 330 g/mol. The highest BCUT2D eigenvalue weighted by Gasteiger charge is 2.16. The van der Waals surface area contributed by atoms with E-state index in [-0.39, 0.29) is 16.6 Å². The Bertz CT molecular complexity index is 619. The van der Waals surface area contributed by atoms with Crippen molar-refractivity contribution in [3.05, 3.63) is 33.9 Å². The molecular formula is C13H13BrF2N2O. The molecule has 1 N–H and O–H groups in total. The van der Waals surface area contributed by atoms with Crippen molar-refractivity contribution in [3.63, 3.8) is 0 Å². The predicted molar refractivity (Wildman–Crippen MR) is 74.2 cm³/mol. The summed E-state index contributed by atoms with van der Waals surface area (Å²) in [5.41, 5.74) is 1.34. The first-order valence-electron chi connectivity index (χ1n) is 5.78. The second-order valence-corrected chi connectivity index (χ2v) is 4.80. The minimum Gasteiger partial charge on any atom is -0.385 e. The lowest BCUT2D eigenvalue weighted by Gasteiger charge is -2.12. The Morgan fingerprint density at radius 1 is 1.32 bits per heavy atom. The standard InChI is InChI=1S/C13H13BrF2N2O/c1-3-17-10-4-7(6-19-2)18-13-9(16)5-8(15)12(14)11(10)13/h4-5H,3,6H2,1-2H3,(H,17,18). The SMILES string of the molecule is CCNc1cc(COC)nc2c(F)cc(F)c(Br)c12. The Labute approximate surface area is 118 Å². The molecule has 6 heteroatoms. The number of pyridine rings is 1. The molecule has 0 spiro atoms. The zero-order valence-corrected chi connectivity index (χ0v) is 12.1. The van der Waals surface area contributed by atoms with Crippen molar-refractivity contribution in [1.29, 1.82) is 0 Å². The van der Waals surface area contributed by atoms with Gasteiger partial charge in [-0.3, -0.25) is 0 Å². The van der Waals surface area contributed by atoms with Gasteiger partial charge < -0.3 is 10.1 Å². The van der Waals surface area contributed by atoms with Crippen LogP contribution in [0.25, 0.3) is 10.9 Å². The smallest absolute Gasteiger partial charge is 0.152 e. The minimum absolute atomic E-state index is 0.124. The highest BCUT2D eigenvalue weighted by atomic mass is 79.9. The summed E-state index contributed by atoms with van der Waals surface area (Å²) in [6.07, 6.45) is 0. The quantitative estimate of drug-likeness (QED) is 0.864. The van der Waals surface area contributed by atoms with Crippen molar-refractivity contribution >= 4 is 32.5 Å². The zero-order valence-electron chi connectivity index (χ0n) is 10.6. The Kier molecular flexibility index (Phi) is 4.31. The summed E-state index contributed by atoms with van der Waals surface area (Å²) in [5, 5.41) is 3.49. The molecule has 0 unspecified atom stereocenters. The van der Waals surface area contributed by atoms with Crippen LogP contribution >= 0.6 is 15.9 Å². The maximum Gasteiger partial charge on any atom is 0.152 e. The predicted octanol–water partition coefficient (Wildman–Crippen LogP) is 3.85. The number of anilines is 1. The van der Waals surface area contributed by atoms with E-state index in [4.69, 9.17) is 4.74 Å². The summed E-state index contributed by atoms with van der Waals surface area (Å²) in [6.45, 7) is 2.81. The van der Waals surface area contributed by atoms with Gasteiger partial charge in [-0.1, -0.05) is 0 Å². The van der Waals surface area contributed by atoms with Gasteiger partial charge in [-0.25, -0.2) is 13.8 Å². The number of halogens is 3. The third kappa shape index (κ3) is 2.69.